The fraction of sp³-hybridized carbons (Fsp3) is 0.400. The summed E-state index contributed by atoms with van der Waals surface area (Å²) in [6.07, 6.45) is 0. The highest BCUT2D eigenvalue weighted by molar-refractivity contribution is 5.95. The van der Waals surface area contributed by atoms with E-state index in [1.54, 1.807) is 6.92 Å². The lowest BCUT2D eigenvalue weighted by molar-refractivity contribution is -0.150. The number of ether oxygens (including phenoxy) is 2. The lowest BCUT2D eigenvalue weighted by Gasteiger charge is -2.11. The number of urea groups is 1. The number of nitrogens with one attached hydrogen (secondary N) is 2. The van der Waals surface area contributed by atoms with E-state index in [1.807, 2.05) is 37.4 Å². The van der Waals surface area contributed by atoms with Crippen molar-refractivity contribution in [3.63, 3.8) is 0 Å². The SMILES string of the molecule is CCNC(=O)NC(=O)COC(=O)COc1c(C)cccc1C. The monoisotopic (exact) mass is 308 g/mol. The third kappa shape index (κ3) is 5.82. The fourth-order valence-electron chi connectivity index (χ4n) is 1.71. The predicted molar refractivity (Wildman–Crippen MR) is 79.6 cm³/mol. The molecule has 0 aromatic heterocycles. The number of carbonyl (C=O) groups is 3. The van der Waals surface area contributed by atoms with Crippen molar-refractivity contribution in [2.24, 2.45) is 0 Å². The molecule has 3 amide bonds. The molecule has 22 heavy (non-hydrogen) atoms. The van der Waals surface area contributed by atoms with Crippen LogP contribution in [0.15, 0.2) is 18.2 Å². The number of esters is 1. The van der Waals surface area contributed by atoms with Crippen LogP contribution in [0.25, 0.3) is 0 Å². The average Bonchev–Trinajstić information content (AvgIpc) is 2.44. The number of para-hydroxylation sites is 1. The van der Waals surface area contributed by atoms with Crippen molar-refractivity contribution in [1.29, 1.82) is 0 Å². The molecule has 2 N–H and O–H groups in total. The molecule has 0 aliphatic carbocycles. The second-order valence-electron chi connectivity index (χ2n) is 4.58. The van der Waals surface area contributed by atoms with E-state index in [1.165, 1.54) is 0 Å². The molecule has 0 heterocycles. The lowest BCUT2D eigenvalue weighted by atomic mass is 10.1. The third-order valence-corrected chi connectivity index (χ3v) is 2.70. The van der Waals surface area contributed by atoms with E-state index in [2.05, 4.69) is 5.32 Å². The van der Waals surface area contributed by atoms with Gasteiger partial charge in [0.25, 0.3) is 5.91 Å². The summed E-state index contributed by atoms with van der Waals surface area (Å²) in [5, 5.41) is 4.41. The van der Waals surface area contributed by atoms with Crippen LogP contribution in [-0.2, 0) is 14.3 Å². The van der Waals surface area contributed by atoms with Crippen LogP contribution < -0.4 is 15.4 Å². The number of amides is 3. The number of imide groups is 1. The largest absolute Gasteiger partial charge is 0.481 e. The summed E-state index contributed by atoms with van der Waals surface area (Å²) in [6, 6.07) is 5.00. The van der Waals surface area contributed by atoms with Crippen LogP contribution in [-0.4, -0.2) is 37.7 Å². The number of hydrogen-bond acceptors (Lipinski definition) is 5. The highest BCUT2D eigenvalue weighted by Crippen LogP contribution is 2.22. The highest BCUT2D eigenvalue weighted by Gasteiger charge is 2.12. The minimum atomic E-state index is -0.702. The second kappa shape index (κ2) is 8.66. The summed E-state index contributed by atoms with van der Waals surface area (Å²) < 4.78 is 10.1. The van der Waals surface area contributed by atoms with E-state index in [0.29, 0.717) is 12.3 Å². The van der Waals surface area contributed by atoms with Crippen LogP contribution in [0.4, 0.5) is 4.79 Å². The number of aryl methyl sites for hydroxylation is 2. The maximum Gasteiger partial charge on any atom is 0.344 e. The molecule has 0 fully saturated rings. The van der Waals surface area contributed by atoms with Gasteiger partial charge in [-0.2, -0.15) is 0 Å². The van der Waals surface area contributed by atoms with Crippen LogP contribution in [0.1, 0.15) is 18.1 Å². The van der Waals surface area contributed by atoms with Crippen molar-refractivity contribution < 1.29 is 23.9 Å². The predicted octanol–water partition coefficient (Wildman–Crippen LogP) is 1.07. The van der Waals surface area contributed by atoms with Crippen LogP contribution in [0.5, 0.6) is 5.75 Å². The molecule has 1 rings (SSSR count). The van der Waals surface area contributed by atoms with Gasteiger partial charge in [-0.1, -0.05) is 18.2 Å². The van der Waals surface area contributed by atoms with Crippen molar-refractivity contribution in [3.05, 3.63) is 29.3 Å². The van der Waals surface area contributed by atoms with Crippen molar-refractivity contribution in [3.8, 4) is 5.75 Å². The standard InChI is InChI=1S/C15H20N2O5/c1-4-16-15(20)17-12(18)8-21-13(19)9-22-14-10(2)6-5-7-11(14)3/h5-7H,4,8-9H2,1-3H3,(H2,16,17,18,20). The molecule has 0 atom stereocenters. The Kier molecular flexibility index (Phi) is 6.88. The Morgan fingerprint density at radius 3 is 2.32 bits per heavy atom. The minimum Gasteiger partial charge on any atom is -0.481 e. The van der Waals surface area contributed by atoms with Gasteiger partial charge in [-0.15, -0.1) is 0 Å². The van der Waals surface area contributed by atoms with Crippen LogP contribution in [0.3, 0.4) is 0 Å². The Hall–Kier alpha value is -2.57. The molecule has 7 nitrogen and oxygen atoms in total. The first-order valence-corrected chi connectivity index (χ1v) is 6.86. The van der Waals surface area contributed by atoms with E-state index in [-0.39, 0.29) is 6.61 Å². The average molecular weight is 308 g/mol. The Morgan fingerprint density at radius 2 is 1.73 bits per heavy atom. The number of rotatable bonds is 6. The van der Waals surface area contributed by atoms with Gasteiger partial charge in [-0.05, 0) is 31.9 Å². The molecule has 1 aromatic carbocycles. The van der Waals surface area contributed by atoms with Gasteiger partial charge in [-0.3, -0.25) is 10.1 Å². The molecule has 0 saturated heterocycles. The maximum atomic E-state index is 11.5. The van der Waals surface area contributed by atoms with E-state index >= 15 is 0 Å². The Morgan fingerprint density at radius 1 is 1.09 bits per heavy atom. The summed E-state index contributed by atoms with van der Waals surface area (Å²) in [5.41, 5.74) is 1.81. The smallest absolute Gasteiger partial charge is 0.344 e. The van der Waals surface area contributed by atoms with Crippen LogP contribution in [0, 0.1) is 13.8 Å². The van der Waals surface area contributed by atoms with Crippen molar-refractivity contribution >= 4 is 17.9 Å². The molecule has 7 heteroatoms. The lowest BCUT2D eigenvalue weighted by Crippen LogP contribution is -2.41. The molecule has 0 saturated carbocycles. The zero-order valence-electron chi connectivity index (χ0n) is 12.9. The summed E-state index contributed by atoms with van der Waals surface area (Å²) in [5.74, 6) is -0.772. The Labute approximate surface area is 129 Å². The quantitative estimate of drug-likeness (QED) is 0.767. The summed E-state index contributed by atoms with van der Waals surface area (Å²) in [4.78, 5) is 33.9. The van der Waals surface area contributed by atoms with Gasteiger partial charge < -0.3 is 14.8 Å². The van der Waals surface area contributed by atoms with E-state index in [0.717, 1.165) is 11.1 Å². The molecule has 1 aromatic rings. The Balaban J connectivity index is 2.35. The zero-order chi connectivity index (χ0) is 16.5. The summed E-state index contributed by atoms with van der Waals surface area (Å²) >= 11 is 0. The normalized spacial score (nSPS) is 9.77. The zero-order valence-corrected chi connectivity index (χ0v) is 12.9. The van der Waals surface area contributed by atoms with Gasteiger partial charge in [-0.25, -0.2) is 9.59 Å². The van der Waals surface area contributed by atoms with E-state index in [9.17, 15) is 14.4 Å². The van der Waals surface area contributed by atoms with Gasteiger partial charge in [0.05, 0.1) is 0 Å². The van der Waals surface area contributed by atoms with Crippen molar-refractivity contribution in [2.45, 2.75) is 20.8 Å². The summed E-state index contributed by atoms with van der Waals surface area (Å²) in [6.45, 7) is 5.00. The molecule has 0 aliphatic rings. The molecular weight excluding hydrogens is 288 g/mol. The van der Waals surface area contributed by atoms with E-state index < -0.39 is 24.5 Å². The van der Waals surface area contributed by atoms with Gasteiger partial charge in [0.2, 0.25) is 0 Å². The number of carbonyl (C=O) groups excluding carboxylic acids is 3. The first-order valence-electron chi connectivity index (χ1n) is 6.86. The third-order valence-electron chi connectivity index (χ3n) is 2.70. The molecule has 120 valence electrons. The molecule has 0 spiro atoms. The van der Waals surface area contributed by atoms with Crippen LogP contribution in [0.2, 0.25) is 0 Å². The second-order valence-corrected chi connectivity index (χ2v) is 4.58. The molecule has 0 unspecified atom stereocenters. The van der Waals surface area contributed by atoms with Gasteiger partial charge >= 0.3 is 12.0 Å². The van der Waals surface area contributed by atoms with Crippen molar-refractivity contribution in [2.75, 3.05) is 19.8 Å². The van der Waals surface area contributed by atoms with Gasteiger partial charge in [0.15, 0.2) is 13.2 Å². The molecule has 0 bridgehead atoms. The van der Waals surface area contributed by atoms with Gasteiger partial charge in [0.1, 0.15) is 5.75 Å². The Bertz CT molecular complexity index is 537. The topological polar surface area (TPSA) is 93.7 Å². The maximum absolute atomic E-state index is 11.5. The summed E-state index contributed by atoms with van der Waals surface area (Å²) in [7, 11) is 0. The van der Waals surface area contributed by atoms with E-state index in [4.69, 9.17) is 9.47 Å². The highest BCUT2D eigenvalue weighted by atomic mass is 16.6. The number of hydrogen-bond donors (Lipinski definition) is 2. The molecule has 0 aliphatic heterocycles. The fourth-order valence-corrected chi connectivity index (χ4v) is 1.71. The van der Waals surface area contributed by atoms with Crippen molar-refractivity contribution in [1.82, 2.24) is 10.6 Å². The minimum absolute atomic E-state index is 0.305. The first kappa shape index (κ1) is 17.5. The first-order chi connectivity index (χ1) is 10.4. The molecular formula is C15H20N2O5. The van der Waals surface area contributed by atoms with Gasteiger partial charge in [0, 0.05) is 6.54 Å². The van der Waals surface area contributed by atoms with Crippen LogP contribution >= 0.6 is 0 Å². The number of benzene rings is 1. The molecule has 0 radical (unpaired) electrons.